The zero-order valence-corrected chi connectivity index (χ0v) is 12.4. The fourth-order valence-corrected chi connectivity index (χ4v) is 2.98. The number of halogens is 1. The van der Waals surface area contributed by atoms with Gasteiger partial charge in [0.25, 0.3) is 0 Å². The van der Waals surface area contributed by atoms with E-state index >= 15 is 0 Å². The standard InChI is InChI=1S/C17H20ClNO/c18-15-8-7-14-5-4-6-17(16(14)13-15)20-12-11-19-9-2-1-3-10-19/h4-8,13H,1-3,9-12H2. The van der Waals surface area contributed by atoms with Gasteiger partial charge in [-0.1, -0.05) is 36.2 Å². The molecule has 0 bridgehead atoms. The van der Waals surface area contributed by atoms with E-state index in [2.05, 4.69) is 11.0 Å². The van der Waals surface area contributed by atoms with Crippen LogP contribution in [0.5, 0.6) is 5.75 Å². The molecule has 0 atom stereocenters. The molecule has 1 heterocycles. The molecule has 0 aliphatic carbocycles. The third-order valence-electron chi connectivity index (χ3n) is 3.92. The SMILES string of the molecule is Clc1ccc2cccc(OCCN3CCCCC3)c2c1. The molecular formula is C17H20ClNO. The molecule has 2 aromatic carbocycles. The van der Waals surface area contributed by atoms with E-state index in [9.17, 15) is 0 Å². The first-order valence-corrected chi connectivity index (χ1v) is 7.74. The van der Waals surface area contributed by atoms with Crippen LogP contribution >= 0.6 is 11.6 Å². The second kappa shape index (κ2) is 6.47. The molecule has 1 fully saturated rings. The summed E-state index contributed by atoms with van der Waals surface area (Å²) in [5, 5.41) is 3.02. The third-order valence-corrected chi connectivity index (χ3v) is 4.15. The van der Waals surface area contributed by atoms with E-state index < -0.39 is 0 Å². The van der Waals surface area contributed by atoms with Crippen LogP contribution in [0.25, 0.3) is 10.8 Å². The minimum Gasteiger partial charge on any atom is -0.492 e. The van der Waals surface area contributed by atoms with Crippen molar-refractivity contribution in [2.45, 2.75) is 19.3 Å². The zero-order valence-electron chi connectivity index (χ0n) is 11.6. The second-order valence-corrected chi connectivity index (χ2v) is 5.81. The Morgan fingerprint density at radius 1 is 1.05 bits per heavy atom. The van der Waals surface area contributed by atoms with Crippen molar-refractivity contribution in [1.29, 1.82) is 0 Å². The summed E-state index contributed by atoms with van der Waals surface area (Å²) >= 11 is 6.08. The van der Waals surface area contributed by atoms with E-state index in [0.717, 1.165) is 29.3 Å². The first-order chi connectivity index (χ1) is 9.83. The van der Waals surface area contributed by atoms with Gasteiger partial charge in [0.05, 0.1) is 0 Å². The molecule has 106 valence electrons. The van der Waals surface area contributed by atoms with Crippen LogP contribution in [-0.4, -0.2) is 31.1 Å². The molecule has 1 saturated heterocycles. The predicted octanol–water partition coefficient (Wildman–Crippen LogP) is 4.36. The quantitative estimate of drug-likeness (QED) is 0.829. The van der Waals surface area contributed by atoms with Gasteiger partial charge in [-0.05, 0) is 49.5 Å². The van der Waals surface area contributed by atoms with Crippen molar-refractivity contribution in [3.05, 3.63) is 41.4 Å². The largest absolute Gasteiger partial charge is 0.492 e. The van der Waals surface area contributed by atoms with Gasteiger partial charge in [0.1, 0.15) is 12.4 Å². The number of benzene rings is 2. The Bertz CT molecular complexity index is 578. The fraction of sp³-hybridized carbons (Fsp3) is 0.412. The van der Waals surface area contributed by atoms with Crippen LogP contribution in [0.1, 0.15) is 19.3 Å². The molecule has 0 saturated carbocycles. The average Bonchev–Trinajstić information content (AvgIpc) is 2.49. The van der Waals surface area contributed by atoms with E-state index in [1.165, 1.54) is 37.7 Å². The molecule has 3 rings (SSSR count). The lowest BCUT2D eigenvalue weighted by atomic mass is 10.1. The lowest BCUT2D eigenvalue weighted by molar-refractivity contribution is 0.184. The molecule has 0 amide bonds. The molecule has 0 spiro atoms. The molecule has 20 heavy (non-hydrogen) atoms. The van der Waals surface area contributed by atoms with Crippen LogP contribution in [0.3, 0.4) is 0 Å². The summed E-state index contributed by atoms with van der Waals surface area (Å²) in [5.41, 5.74) is 0. The molecule has 3 heteroatoms. The Hall–Kier alpha value is -1.25. The average molecular weight is 290 g/mol. The number of nitrogens with zero attached hydrogens (tertiary/aromatic N) is 1. The van der Waals surface area contributed by atoms with Crippen LogP contribution < -0.4 is 4.74 Å². The predicted molar refractivity (Wildman–Crippen MR) is 84.7 cm³/mol. The number of ether oxygens (including phenoxy) is 1. The van der Waals surface area contributed by atoms with E-state index in [1.807, 2.05) is 30.3 Å². The number of hydrogen-bond donors (Lipinski definition) is 0. The molecule has 1 aliphatic heterocycles. The summed E-state index contributed by atoms with van der Waals surface area (Å²) in [6.07, 6.45) is 4.02. The molecule has 0 N–H and O–H groups in total. The summed E-state index contributed by atoms with van der Waals surface area (Å²) in [5.74, 6) is 0.932. The summed E-state index contributed by atoms with van der Waals surface area (Å²) in [7, 11) is 0. The van der Waals surface area contributed by atoms with Gasteiger partial charge in [0.2, 0.25) is 0 Å². The highest BCUT2D eigenvalue weighted by Crippen LogP contribution is 2.28. The van der Waals surface area contributed by atoms with Gasteiger partial charge in [-0.3, -0.25) is 4.90 Å². The van der Waals surface area contributed by atoms with E-state index in [-0.39, 0.29) is 0 Å². The fourth-order valence-electron chi connectivity index (χ4n) is 2.81. The van der Waals surface area contributed by atoms with Gasteiger partial charge in [-0.15, -0.1) is 0 Å². The Balaban J connectivity index is 1.66. The van der Waals surface area contributed by atoms with Crippen molar-refractivity contribution in [1.82, 2.24) is 4.90 Å². The first-order valence-electron chi connectivity index (χ1n) is 7.36. The molecule has 1 aliphatic rings. The number of rotatable bonds is 4. The van der Waals surface area contributed by atoms with Crippen molar-refractivity contribution in [3.63, 3.8) is 0 Å². The minimum atomic E-state index is 0.742. The lowest BCUT2D eigenvalue weighted by Gasteiger charge is -2.26. The maximum Gasteiger partial charge on any atom is 0.127 e. The molecule has 2 nitrogen and oxygen atoms in total. The van der Waals surface area contributed by atoms with E-state index in [1.54, 1.807) is 0 Å². The Morgan fingerprint density at radius 2 is 1.90 bits per heavy atom. The normalized spacial score (nSPS) is 16.4. The summed E-state index contributed by atoms with van der Waals surface area (Å²) in [6, 6.07) is 12.1. The van der Waals surface area contributed by atoms with Crippen LogP contribution in [0.2, 0.25) is 5.02 Å². The Labute approximate surface area is 125 Å². The van der Waals surface area contributed by atoms with Crippen LogP contribution in [0.4, 0.5) is 0 Å². The molecular weight excluding hydrogens is 270 g/mol. The molecule has 0 aromatic heterocycles. The smallest absolute Gasteiger partial charge is 0.127 e. The van der Waals surface area contributed by atoms with Crippen LogP contribution in [-0.2, 0) is 0 Å². The van der Waals surface area contributed by atoms with Crippen molar-refractivity contribution in [2.24, 2.45) is 0 Å². The highest BCUT2D eigenvalue weighted by molar-refractivity contribution is 6.31. The molecule has 0 radical (unpaired) electrons. The van der Waals surface area contributed by atoms with Crippen molar-refractivity contribution < 1.29 is 4.74 Å². The van der Waals surface area contributed by atoms with Gasteiger partial charge < -0.3 is 4.74 Å². The monoisotopic (exact) mass is 289 g/mol. The minimum absolute atomic E-state index is 0.742. The number of likely N-dealkylation sites (tertiary alicyclic amines) is 1. The first kappa shape index (κ1) is 13.7. The summed E-state index contributed by atoms with van der Waals surface area (Å²) in [4.78, 5) is 2.49. The van der Waals surface area contributed by atoms with Crippen molar-refractivity contribution in [3.8, 4) is 5.75 Å². The highest BCUT2D eigenvalue weighted by atomic mass is 35.5. The topological polar surface area (TPSA) is 12.5 Å². The van der Waals surface area contributed by atoms with Gasteiger partial charge in [-0.25, -0.2) is 0 Å². The Morgan fingerprint density at radius 3 is 2.75 bits per heavy atom. The van der Waals surface area contributed by atoms with Crippen LogP contribution in [0.15, 0.2) is 36.4 Å². The third kappa shape index (κ3) is 3.25. The maximum atomic E-state index is 6.08. The van der Waals surface area contributed by atoms with Gasteiger partial charge >= 0.3 is 0 Å². The molecule has 0 unspecified atom stereocenters. The highest BCUT2D eigenvalue weighted by Gasteiger charge is 2.10. The Kier molecular flexibility index (Phi) is 4.44. The van der Waals surface area contributed by atoms with Crippen LogP contribution in [0, 0.1) is 0 Å². The van der Waals surface area contributed by atoms with Crippen molar-refractivity contribution in [2.75, 3.05) is 26.2 Å². The van der Waals surface area contributed by atoms with Gasteiger partial charge in [0, 0.05) is 17.0 Å². The number of piperidine rings is 1. The van der Waals surface area contributed by atoms with E-state index in [0.29, 0.717) is 0 Å². The zero-order chi connectivity index (χ0) is 13.8. The molecule has 2 aromatic rings. The summed E-state index contributed by atoms with van der Waals surface area (Å²) < 4.78 is 5.98. The second-order valence-electron chi connectivity index (χ2n) is 5.37. The summed E-state index contributed by atoms with van der Waals surface area (Å²) in [6.45, 7) is 4.18. The van der Waals surface area contributed by atoms with Gasteiger partial charge in [-0.2, -0.15) is 0 Å². The lowest BCUT2D eigenvalue weighted by Crippen LogP contribution is -2.33. The number of fused-ring (bicyclic) bond motifs is 1. The maximum absolute atomic E-state index is 6.08. The number of hydrogen-bond acceptors (Lipinski definition) is 2. The van der Waals surface area contributed by atoms with Crippen molar-refractivity contribution >= 4 is 22.4 Å². The van der Waals surface area contributed by atoms with E-state index in [4.69, 9.17) is 16.3 Å². The van der Waals surface area contributed by atoms with Gasteiger partial charge in [0.15, 0.2) is 0 Å².